The molecule has 0 bridgehead atoms. The van der Waals surface area contributed by atoms with Crippen LogP contribution in [0.1, 0.15) is 12.7 Å². The molecule has 2 rings (SSSR count). The second kappa shape index (κ2) is 6.23. The summed E-state index contributed by atoms with van der Waals surface area (Å²) in [7, 11) is -4.19. The molecule has 21 heavy (non-hydrogen) atoms. The van der Waals surface area contributed by atoms with Gasteiger partial charge in [0.1, 0.15) is 23.1 Å². The fourth-order valence-electron chi connectivity index (χ4n) is 1.63. The maximum Gasteiger partial charge on any atom is 0.295 e. The lowest BCUT2D eigenvalue weighted by Gasteiger charge is -2.07. The summed E-state index contributed by atoms with van der Waals surface area (Å²) in [5, 5.41) is 2.56. The number of halogens is 2. The van der Waals surface area contributed by atoms with Gasteiger partial charge in [-0.3, -0.25) is 4.72 Å². The normalized spacial score (nSPS) is 11.6. The van der Waals surface area contributed by atoms with Gasteiger partial charge < -0.3 is 9.73 Å². The number of benzene rings is 1. The Bertz CT molecular complexity index is 709. The van der Waals surface area contributed by atoms with E-state index in [2.05, 4.69) is 5.32 Å². The van der Waals surface area contributed by atoms with E-state index in [4.69, 9.17) is 4.42 Å². The van der Waals surface area contributed by atoms with Crippen molar-refractivity contribution in [1.82, 2.24) is 5.32 Å². The highest BCUT2D eigenvalue weighted by atomic mass is 32.2. The van der Waals surface area contributed by atoms with Crippen molar-refractivity contribution in [2.24, 2.45) is 0 Å². The fraction of sp³-hybridized carbons (Fsp3) is 0.231. The van der Waals surface area contributed by atoms with E-state index in [1.54, 1.807) is 0 Å². The van der Waals surface area contributed by atoms with Crippen molar-refractivity contribution in [2.75, 3.05) is 11.3 Å². The van der Waals surface area contributed by atoms with Gasteiger partial charge in [0, 0.05) is 0 Å². The second-order valence-electron chi connectivity index (χ2n) is 4.20. The minimum absolute atomic E-state index is 0.361. The van der Waals surface area contributed by atoms with Crippen molar-refractivity contribution >= 4 is 15.7 Å². The molecule has 0 spiro atoms. The summed E-state index contributed by atoms with van der Waals surface area (Å²) in [6, 6.07) is 5.77. The number of hydrogen-bond donors (Lipinski definition) is 2. The van der Waals surface area contributed by atoms with E-state index < -0.39 is 32.4 Å². The lowest BCUT2D eigenvalue weighted by atomic mass is 10.3. The molecule has 8 heteroatoms. The summed E-state index contributed by atoms with van der Waals surface area (Å²) in [5.41, 5.74) is -0.734. The third-order valence-corrected chi connectivity index (χ3v) is 3.87. The molecule has 2 aromatic rings. The maximum absolute atomic E-state index is 13.5. The number of anilines is 1. The van der Waals surface area contributed by atoms with Gasteiger partial charge in [-0.1, -0.05) is 13.0 Å². The van der Waals surface area contributed by atoms with Crippen molar-refractivity contribution in [3.05, 3.63) is 47.7 Å². The van der Waals surface area contributed by atoms with Gasteiger partial charge in [0.15, 0.2) is 0 Å². The Morgan fingerprint density at radius 3 is 2.43 bits per heavy atom. The SMILES string of the molecule is CCNCc1ccc(S(=O)(=O)Nc2c(F)cccc2F)o1. The quantitative estimate of drug-likeness (QED) is 0.859. The summed E-state index contributed by atoms with van der Waals surface area (Å²) >= 11 is 0. The fourth-order valence-corrected chi connectivity index (χ4v) is 2.65. The van der Waals surface area contributed by atoms with Crippen LogP contribution >= 0.6 is 0 Å². The second-order valence-corrected chi connectivity index (χ2v) is 5.82. The molecule has 1 aromatic heterocycles. The van der Waals surface area contributed by atoms with Crippen molar-refractivity contribution in [1.29, 1.82) is 0 Å². The number of rotatable bonds is 6. The number of furan rings is 1. The maximum atomic E-state index is 13.5. The molecule has 0 saturated heterocycles. The smallest absolute Gasteiger partial charge is 0.295 e. The zero-order chi connectivity index (χ0) is 15.5. The summed E-state index contributed by atoms with van der Waals surface area (Å²) < 4.78 is 58.0. The van der Waals surface area contributed by atoms with E-state index in [0.29, 0.717) is 18.8 Å². The van der Waals surface area contributed by atoms with Crippen molar-refractivity contribution < 1.29 is 21.6 Å². The standard InChI is InChI=1S/C13H14F2N2O3S/c1-2-16-8-9-6-7-12(20-9)21(18,19)17-13-10(14)4-3-5-11(13)15/h3-7,16-17H,2,8H2,1H3. The van der Waals surface area contributed by atoms with Gasteiger partial charge in [-0.2, -0.15) is 8.42 Å². The first kappa shape index (κ1) is 15.5. The Hall–Kier alpha value is -1.93. The topological polar surface area (TPSA) is 71.3 Å². The molecule has 2 N–H and O–H groups in total. The third kappa shape index (κ3) is 3.59. The van der Waals surface area contributed by atoms with E-state index >= 15 is 0 Å². The molecule has 0 radical (unpaired) electrons. The molecule has 1 heterocycles. The van der Waals surface area contributed by atoms with Crippen molar-refractivity contribution in [2.45, 2.75) is 18.6 Å². The molecule has 5 nitrogen and oxygen atoms in total. The summed E-state index contributed by atoms with van der Waals surface area (Å²) in [5.74, 6) is -1.60. The average molecular weight is 316 g/mol. The predicted octanol–water partition coefficient (Wildman–Crippen LogP) is 2.47. The number of sulfonamides is 1. The molecular weight excluding hydrogens is 302 g/mol. The van der Waals surface area contributed by atoms with Crippen LogP contribution in [0.2, 0.25) is 0 Å². The Balaban J connectivity index is 2.24. The van der Waals surface area contributed by atoms with Gasteiger partial charge in [0.05, 0.1) is 6.54 Å². The van der Waals surface area contributed by atoms with Crippen molar-refractivity contribution in [3.8, 4) is 0 Å². The van der Waals surface area contributed by atoms with Crippen LogP contribution in [0, 0.1) is 11.6 Å². The Kier molecular flexibility index (Phi) is 4.59. The van der Waals surface area contributed by atoms with E-state index in [9.17, 15) is 17.2 Å². The van der Waals surface area contributed by atoms with Gasteiger partial charge in [-0.05, 0) is 30.8 Å². The minimum Gasteiger partial charge on any atom is -0.446 e. The van der Waals surface area contributed by atoms with Gasteiger partial charge in [0.2, 0.25) is 5.09 Å². The zero-order valence-electron chi connectivity index (χ0n) is 11.2. The lowest BCUT2D eigenvalue weighted by Crippen LogP contribution is -2.15. The molecule has 0 atom stereocenters. The molecule has 0 aliphatic carbocycles. The van der Waals surface area contributed by atoms with Gasteiger partial charge in [-0.15, -0.1) is 0 Å². The molecule has 0 unspecified atom stereocenters. The van der Waals surface area contributed by atoms with Crippen LogP contribution in [0.15, 0.2) is 39.8 Å². The summed E-state index contributed by atoms with van der Waals surface area (Å²) in [4.78, 5) is 0. The average Bonchev–Trinajstić information content (AvgIpc) is 2.90. The molecule has 114 valence electrons. The Morgan fingerprint density at radius 2 is 1.81 bits per heavy atom. The third-order valence-electron chi connectivity index (χ3n) is 2.65. The van der Waals surface area contributed by atoms with Gasteiger partial charge in [0.25, 0.3) is 10.0 Å². The first-order chi connectivity index (χ1) is 9.94. The van der Waals surface area contributed by atoms with E-state index in [1.807, 2.05) is 11.6 Å². The van der Waals surface area contributed by atoms with E-state index in [-0.39, 0.29) is 0 Å². The number of hydrogen-bond acceptors (Lipinski definition) is 4. The van der Waals surface area contributed by atoms with Crippen LogP contribution in [0.5, 0.6) is 0 Å². The zero-order valence-corrected chi connectivity index (χ0v) is 12.0. The number of nitrogens with one attached hydrogen (secondary N) is 2. The van der Waals surface area contributed by atoms with Gasteiger partial charge >= 0.3 is 0 Å². The highest BCUT2D eigenvalue weighted by molar-refractivity contribution is 7.92. The van der Waals surface area contributed by atoms with Crippen LogP contribution in [0.3, 0.4) is 0 Å². The molecule has 0 saturated carbocycles. The lowest BCUT2D eigenvalue weighted by molar-refractivity contribution is 0.405. The van der Waals surface area contributed by atoms with Crippen LogP contribution < -0.4 is 10.0 Å². The first-order valence-electron chi connectivity index (χ1n) is 6.20. The number of para-hydroxylation sites is 1. The van der Waals surface area contributed by atoms with Crippen LogP contribution in [0.4, 0.5) is 14.5 Å². The van der Waals surface area contributed by atoms with Crippen LogP contribution in [-0.4, -0.2) is 15.0 Å². The molecule has 0 amide bonds. The largest absolute Gasteiger partial charge is 0.446 e. The summed E-state index contributed by atoms with van der Waals surface area (Å²) in [6.45, 7) is 2.95. The Labute approximate surface area is 121 Å². The minimum atomic E-state index is -4.19. The van der Waals surface area contributed by atoms with E-state index in [0.717, 1.165) is 18.2 Å². The molecule has 0 aliphatic rings. The first-order valence-corrected chi connectivity index (χ1v) is 7.68. The highest BCUT2D eigenvalue weighted by Gasteiger charge is 2.22. The van der Waals surface area contributed by atoms with Gasteiger partial charge in [-0.25, -0.2) is 8.78 Å². The summed E-state index contributed by atoms with van der Waals surface area (Å²) in [6.07, 6.45) is 0. The highest BCUT2D eigenvalue weighted by Crippen LogP contribution is 2.23. The predicted molar refractivity (Wildman–Crippen MR) is 73.3 cm³/mol. The molecule has 0 aliphatic heterocycles. The van der Waals surface area contributed by atoms with Crippen molar-refractivity contribution in [3.63, 3.8) is 0 Å². The van der Waals surface area contributed by atoms with Crippen LogP contribution in [0.25, 0.3) is 0 Å². The molecule has 1 aromatic carbocycles. The molecular formula is C13H14F2N2O3S. The monoisotopic (exact) mass is 316 g/mol. The van der Waals surface area contributed by atoms with Crippen LogP contribution in [-0.2, 0) is 16.6 Å². The Morgan fingerprint density at radius 1 is 1.14 bits per heavy atom. The molecule has 0 fully saturated rings. The van der Waals surface area contributed by atoms with E-state index in [1.165, 1.54) is 12.1 Å².